The fourth-order valence-electron chi connectivity index (χ4n) is 3.98. The minimum absolute atomic E-state index is 0.110. The molecule has 1 aliphatic heterocycles. The number of fused-ring (bicyclic) bond motifs is 3. The molecule has 0 spiro atoms. The topological polar surface area (TPSA) is 68.2 Å². The third-order valence-electron chi connectivity index (χ3n) is 5.37. The zero-order valence-corrected chi connectivity index (χ0v) is 20.2. The van der Waals surface area contributed by atoms with Gasteiger partial charge in [-0.25, -0.2) is 0 Å². The van der Waals surface area contributed by atoms with Crippen molar-refractivity contribution in [2.45, 2.75) is 52.9 Å². The Morgan fingerprint density at radius 1 is 1.12 bits per heavy atom. The number of nitrogens with zero attached hydrogens (tertiary/aromatic N) is 4. The van der Waals surface area contributed by atoms with Crippen LogP contribution in [0.4, 0.5) is 5.69 Å². The summed E-state index contributed by atoms with van der Waals surface area (Å²) in [4.78, 5) is 19.5. The number of carbonyl (C=O) groups excluding carboxylic acids is 1. The lowest BCUT2D eigenvalue weighted by Gasteiger charge is -2.32. The number of hydrogen-bond acceptors (Lipinski definition) is 6. The van der Waals surface area contributed by atoms with E-state index >= 15 is 0 Å². The molecule has 166 valence electrons. The number of thioether (sulfide) groups is 1. The van der Waals surface area contributed by atoms with E-state index in [0.717, 1.165) is 39.3 Å². The molecule has 0 N–H and O–H groups in total. The molecule has 2 heterocycles. The van der Waals surface area contributed by atoms with E-state index in [-0.39, 0.29) is 5.91 Å². The standard InChI is InChI=1S/C25H28N4O2S/c1-14(2)13-32-25-26-23-21(27-28-25)20-12-15(3)11-17(5)22(20)29(18(6)30)24(31-23)19-10-8-7-9-16(19)4/h7-12,14,24H,13H2,1-6H3/t24-/m0/s1. The van der Waals surface area contributed by atoms with Crippen LogP contribution in [0.2, 0.25) is 0 Å². The molecule has 3 aromatic rings. The highest BCUT2D eigenvalue weighted by atomic mass is 32.2. The Morgan fingerprint density at radius 3 is 2.56 bits per heavy atom. The van der Waals surface area contributed by atoms with Gasteiger partial charge in [-0.3, -0.25) is 9.69 Å². The lowest BCUT2D eigenvalue weighted by atomic mass is 9.99. The van der Waals surface area contributed by atoms with Crippen molar-refractivity contribution in [1.82, 2.24) is 15.2 Å². The second-order valence-electron chi connectivity index (χ2n) is 8.65. The lowest BCUT2D eigenvalue weighted by Crippen LogP contribution is -2.37. The molecule has 32 heavy (non-hydrogen) atoms. The second kappa shape index (κ2) is 8.90. The van der Waals surface area contributed by atoms with E-state index in [9.17, 15) is 4.79 Å². The van der Waals surface area contributed by atoms with Crippen LogP contribution in [-0.4, -0.2) is 26.8 Å². The van der Waals surface area contributed by atoms with Crippen LogP contribution < -0.4 is 9.64 Å². The minimum Gasteiger partial charge on any atom is -0.447 e. The molecule has 0 bridgehead atoms. The molecule has 1 aliphatic rings. The first kappa shape index (κ1) is 22.3. The largest absolute Gasteiger partial charge is 0.447 e. The van der Waals surface area contributed by atoms with Crippen LogP contribution in [0.25, 0.3) is 11.3 Å². The van der Waals surface area contributed by atoms with Crippen LogP contribution in [0.5, 0.6) is 5.88 Å². The van der Waals surface area contributed by atoms with E-state index in [1.807, 2.05) is 51.1 Å². The summed E-state index contributed by atoms with van der Waals surface area (Å²) in [6.45, 7) is 11.9. The van der Waals surface area contributed by atoms with E-state index in [2.05, 4.69) is 30.1 Å². The summed E-state index contributed by atoms with van der Waals surface area (Å²) in [7, 11) is 0. The Hall–Kier alpha value is -2.93. The van der Waals surface area contributed by atoms with E-state index < -0.39 is 6.23 Å². The van der Waals surface area contributed by atoms with Gasteiger partial charge < -0.3 is 4.74 Å². The van der Waals surface area contributed by atoms with Crippen LogP contribution >= 0.6 is 11.8 Å². The fraction of sp³-hybridized carbons (Fsp3) is 0.360. The van der Waals surface area contributed by atoms with Gasteiger partial charge >= 0.3 is 0 Å². The number of carbonyl (C=O) groups is 1. The summed E-state index contributed by atoms with van der Waals surface area (Å²) >= 11 is 1.56. The highest BCUT2D eigenvalue weighted by molar-refractivity contribution is 7.99. The molecule has 4 rings (SSSR count). The van der Waals surface area contributed by atoms with Crippen molar-refractivity contribution in [2.24, 2.45) is 5.92 Å². The molecule has 0 radical (unpaired) electrons. The molecular weight excluding hydrogens is 420 g/mol. The van der Waals surface area contributed by atoms with Gasteiger partial charge in [-0.2, -0.15) is 4.98 Å². The zero-order chi connectivity index (χ0) is 23.0. The first-order chi connectivity index (χ1) is 15.3. The maximum atomic E-state index is 13.0. The van der Waals surface area contributed by atoms with Crippen molar-refractivity contribution in [3.8, 4) is 17.1 Å². The third-order valence-corrected chi connectivity index (χ3v) is 6.64. The van der Waals surface area contributed by atoms with Crippen molar-refractivity contribution < 1.29 is 9.53 Å². The molecule has 2 aromatic carbocycles. The summed E-state index contributed by atoms with van der Waals surface area (Å²) in [6.07, 6.45) is -0.658. The maximum Gasteiger partial charge on any atom is 0.247 e. The predicted molar refractivity (Wildman–Crippen MR) is 128 cm³/mol. The Balaban J connectivity index is 1.96. The smallest absolute Gasteiger partial charge is 0.247 e. The molecule has 0 saturated heterocycles. The van der Waals surface area contributed by atoms with Crippen LogP contribution in [0.1, 0.15) is 49.3 Å². The molecule has 0 aliphatic carbocycles. The Bertz CT molecular complexity index is 1180. The molecule has 0 fully saturated rings. The van der Waals surface area contributed by atoms with Crippen molar-refractivity contribution in [2.75, 3.05) is 10.7 Å². The number of benzene rings is 2. The summed E-state index contributed by atoms with van der Waals surface area (Å²) < 4.78 is 6.50. The van der Waals surface area contributed by atoms with E-state index in [1.165, 1.54) is 0 Å². The number of hydrogen-bond donors (Lipinski definition) is 0. The first-order valence-electron chi connectivity index (χ1n) is 10.8. The van der Waals surface area contributed by atoms with Gasteiger partial charge in [0.2, 0.25) is 23.2 Å². The molecular formula is C25H28N4O2S. The quantitative estimate of drug-likeness (QED) is 0.480. The Kier molecular flexibility index (Phi) is 6.20. The van der Waals surface area contributed by atoms with Gasteiger partial charge in [-0.05, 0) is 43.9 Å². The number of rotatable bonds is 4. The summed E-state index contributed by atoms with van der Waals surface area (Å²) in [5.41, 5.74) is 6.16. The molecule has 7 heteroatoms. The van der Waals surface area contributed by atoms with Gasteiger partial charge in [0, 0.05) is 23.8 Å². The van der Waals surface area contributed by atoms with Crippen molar-refractivity contribution in [3.63, 3.8) is 0 Å². The van der Waals surface area contributed by atoms with Gasteiger partial charge in [-0.1, -0.05) is 61.5 Å². The molecule has 6 nitrogen and oxygen atoms in total. The Morgan fingerprint density at radius 2 is 1.88 bits per heavy atom. The minimum atomic E-state index is -0.658. The van der Waals surface area contributed by atoms with Crippen molar-refractivity contribution in [1.29, 1.82) is 0 Å². The molecule has 0 saturated carbocycles. The number of amides is 1. The van der Waals surface area contributed by atoms with Gasteiger partial charge in [0.05, 0.1) is 5.69 Å². The normalized spacial score (nSPS) is 15.1. The summed E-state index contributed by atoms with van der Waals surface area (Å²) in [5, 5.41) is 9.47. The van der Waals surface area contributed by atoms with Crippen molar-refractivity contribution in [3.05, 3.63) is 58.7 Å². The van der Waals surface area contributed by atoms with Crippen molar-refractivity contribution >= 4 is 23.4 Å². The number of aromatic nitrogens is 3. The predicted octanol–water partition coefficient (Wildman–Crippen LogP) is 5.66. The fourth-order valence-corrected chi connectivity index (χ4v) is 4.70. The van der Waals surface area contributed by atoms with Crippen LogP contribution in [0, 0.1) is 26.7 Å². The monoisotopic (exact) mass is 448 g/mol. The Labute approximate surface area is 193 Å². The van der Waals surface area contributed by atoms with Crippen LogP contribution in [0.3, 0.4) is 0 Å². The highest BCUT2D eigenvalue weighted by Gasteiger charge is 2.36. The number of anilines is 1. The third kappa shape index (κ3) is 4.21. The summed E-state index contributed by atoms with van der Waals surface area (Å²) in [5.74, 6) is 1.68. The first-order valence-corrected chi connectivity index (χ1v) is 11.8. The van der Waals surface area contributed by atoms with E-state index in [0.29, 0.717) is 22.6 Å². The number of aryl methyl sites for hydroxylation is 3. The average Bonchev–Trinajstić information content (AvgIpc) is 2.87. The van der Waals surface area contributed by atoms with Gasteiger partial charge in [0.25, 0.3) is 0 Å². The molecule has 1 aromatic heterocycles. The van der Waals surface area contributed by atoms with E-state index in [1.54, 1.807) is 23.6 Å². The SMILES string of the molecule is CC(=O)N1c2c(C)cc(C)cc2-c2nnc(SCC(C)C)nc2O[C@H]1c1ccccc1C. The zero-order valence-electron chi connectivity index (χ0n) is 19.3. The van der Waals surface area contributed by atoms with Gasteiger partial charge in [0.1, 0.15) is 0 Å². The van der Waals surface area contributed by atoms with Gasteiger partial charge in [0.15, 0.2) is 5.69 Å². The van der Waals surface area contributed by atoms with E-state index in [4.69, 9.17) is 9.72 Å². The van der Waals surface area contributed by atoms with Gasteiger partial charge in [-0.15, -0.1) is 10.2 Å². The molecule has 0 unspecified atom stereocenters. The second-order valence-corrected chi connectivity index (χ2v) is 9.63. The molecule has 1 amide bonds. The van der Waals surface area contributed by atoms with Crippen LogP contribution in [0.15, 0.2) is 41.6 Å². The highest BCUT2D eigenvalue weighted by Crippen LogP contribution is 2.45. The summed E-state index contributed by atoms with van der Waals surface area (Å²) in [6, 6.07) is 12.1. The number of ether oxygens (including phenoxy) is 1. The maximum absolute atomic E-state index is 13.0. The average molecular weight is 449 g/mol. The molecule has 1 atom stereocenters. The lowest BCUT2D eigenvalue weighted by molar-refractivity contribution is -0.118. The van der Waals surface area contributed by atoms with Crippen LogP contribution in [-0.2, 0) is 4.79 Å².